The van der Waals surface area contributed by atoms with E-state index in [9.17, 15) is 0 Å². The molecule has 0 aliphatic carbocycles. The van der Waals surface area contributed by atoms with Gasteiger partial charge in [-0.2, -0.15) is 0 Å². The number of fused-ring (bicyclic) bond motifs is 1. The molecule has 26 heavy (non-hydrogen) atoms. The first kappa shape index (κ1) is 22.3. The van der Waals surface area contributed by atoms with E-state index in [4.69, 9.17) is 22.1 Å². The van der Waals surface area contributed by atoms with Crippen LogP contribution in [0.3, 0.4) is 0 Å². The Bertz CT molecular complexity index is 876. The fourth-order valence-electron chi connectivity index (χ4n) is 2.55. The molecule has 0 spiro atoms. The zero-order valence-electron chi connectivity index (χ0n) is 14.5. The maximum atomic E-state index is 6.31. The number of halogens is 3. The standard InChI is InChI=1S/C18H19ClN4O.2ClH/c1-3-24-16-9-8-12(10-14(16)19)23(2)18-13-6-4-5-7-15(13)21-17(11-20)22-18;;/h4-10H,3,11,20H2,1-2H3;2*1H. The Morgan fingerprint density at radius 1 is 1.12 bits per heavy atom. The first-order valence-corrected chi connectivity index (χ1v) is 8.13. The number of para-hydroxylation sites is 1. The van der Waals surface area contributed by atoms with Gasteiger partial charge in [-0.25, -0.2) is 9.97 Å². The van der Waals surface area contributed by atoms with Gasteiger partial charge in [-0.1, -0.05) is 23.7 Å². The fraction of sp³-hybridized carbons (Fsp3) is 0.222. The van der Waals surface area contributed by atoms with Gasteiger partial charge in [-0.05, 0) is 37.3 Å². The molecule has 2 aromatic carbocycles. The Hall–Kier alpha value is -1.79. The van der Waals surface area contributed by atoms with Crippen LogP contribution in [0.15, 0.2) is 42.5 Å². The minimum atomic E-state index is 0. The Kier molecular flexibility index (Phi) is 8.37. The lowest BCUT2D eigenvalue weighted by Crippen LogP contribution is -2.15. The molecule has 0 saturated heterocycles. The molecule has 8 heteroatoms. The highest BCUT2D eigenvalue weighted by atomic mass is 35.5. The number of benzene rings is 2. The van der Waals surface area contributed by atoms with Crippen molar-refractivity contribution in [3.05, 3.63) is 53.3 Å². The smallest absolute Gasteiger partial charge is 0.144 e. The third-order valence-electron chi connectivity index (χ3n) is 3.73. The van der Waals surface area contributed by atoms with Gasteiger partial charge in [0, 0.05) is 18.1 Å². The lowest BCUT2D eigenvalue weighted by Gasteiger charge is -2.21. The molecule has 0 unspecified atom stereocenters. The van der Waals surface area contributed by atoms with Crippen LogP contribution in [0.5, 0.6) is 5.75 Å². The quantitative estimate of drug-likeness (QED) is 0.651. The summed E-state index contributed by atoms with van der Waals surface area (Å²) in [5.74, 6) is 2.07. The number of hydrogen-bond donors (Lipinski definition) is 1. The molecule has 0 aliphatic rings. The highest BCUT2D eigenvalue weighted by molar-refractivity contribution is 6.32. The number of aromatic nitrogens is 2. The van der Waals surface area contributed by atoms with Gasteiger partial charge < -0.3 is 15.4 Å². The van der Waals surface area contributed by atoms with Crippen LogP contribution in [0.4, 0.5) is 11.5 Å². The van der Waals surface area contributed by atoms with Crippen molar-refractivity contribution in [2.75, 3.05) is 18.6 Å². The van der Waals surface area contributed by atoms with E-state index in [2.05, 4.69) is 9.97 Å². The molecule has 2 N–H and O–H groups in total. The molecular weight excluding hydrogens is 395 g/mol. The number of ether oxygens (including phenoxy) is 1. The predicted molar refractivity (Wildman–Crippen MR) is 113 cm³/mol. The van der Waals surface area contributed by atoms with E-state index in [-0.39, 0.29) is 31.4 Å². The molecule has 0 fully saturated rings. The van der Waals surface area contributed by atoms with E-state index in [0.29, 0.717) is 23.2 Å². The van der Waals surface area contributed by atoms with E-state index in [0.717, 1.165) is 22.4 Å². The molecule has 0 aliphatic heterocycles. The van der Waals surface area contributed by atoms with Gasteiger partial charge in [0.2, 0.25) is 0 Å². The summed E-state index contributed by atoms with van der Waals surface area (Å²) in [5.41, 5.74) is 7.52. The molecule has 3 aromatic rings. The summed E-state index contributed by atoms with van der Waals surface area (Å²) in [5, 5.41) is 1.53. The van der Waals surface area contributed by atoms with Gasteiger partial charge in [0.1, 0.15) is 17.4 Å². The van der Waals surface area contributed by atoms with Crippen LogP contribution in [0.2, 0.25) is 5.02 Å². The van der Waals surface area contributed by atoms with Crippen molar-refractivity contribution in [1.82, 2.24) is 9.97 Å². The second-order valence-corrected chi connectivity index (χ2v) is 5.70. The van der Waals surface area contributed by atoms with Gasteiger partial charge in [0.25, 0.3) is 0 Å². The van der Waals surface area contributed by atoms with Gasteiger partial charge in [0.15, 0.2) is 0 Å². The van der Waals surface area contributed by atoms with Crippen LogP contribution in [0.25, 0.3) is 10.9 Å². The lowest BCUT2D eigenvalue weighted by molar-refractivity contribution is 0.340. The van der Waals surface area contributed by atoms with E-state index in [1.807, 2.05) is 61.3 Å². The maximum Gasteiger partial charge on any atom is 0.144 e. The van der Waals surface area contributed by atoms with Gasteiger partial charge in [-0.3, -0.25) is 0 Å². The van der Waals surface area contributed by atoms with Crippen molar-refractivity contribution in [2.24, 2.45) is 5.73 Å². The molecule has 0 bridgehead atoms. The van der Waals surface area contributed by atoms with Crippen molar-refractivity contribution in [3.63, 3.8) is 0 Å². The normalized spacial score (nSPS) is 10.0. The first-order chi connectivity index (χ1) is 11.6. The summed E-state index contributed by atoms with van der Waals surface area (Å²) in [6.07, 6.45) is 0. The van der Waals surface area contributed by atoms with Gasteiger partial charge in [-0.15, -0.1) is 24.8 Å². The highest BCUT2D eigenvalue weighted by Gasteiger charge is 2.14. The van der Waals surface area contributed by atoms with Crippen molar-refractivity contribution < 1.29 is 4.74 Å². The number of nitrogens with zero attached hydrogens (tertiary/aromatic N) is 3. The van der Waals surface area contributed by atoms with E-state index in [1.54, 1.807) is 0 Å². The Morgan fingerprint density at radius 3 is 2.50 bits per heavy atom. The van der Waals surface area contributed by atoms with Crippen LogP contribution in [-0.2, 0) is 6.54 Å². The molecule has 140 valence electrons. The van der Waals surface area contributed by atoms with Crippen LogP contribution in [0, 0.1) is 0 Å². The van der Waals surface area contributed by atoms with Crippen molar-refractivity contribution >= 4 is 58.8 Å². The minimum absolute atomic E-state index is 0. The van der Waals surface area contributed by atoms with Crippen molar-refractivity contribution in [3.8, 4) is 5.75 Å². The summed E-state index contributed by atoms with van der Waals surface area (Å²) in [6, 6.07) is 13.6. The molecule has 0 radical (unpaired) electrons. The first-order valence-electron chi connectivity index (χ1n) is 7.75. The summed E-state index contributed by atoms with van der Waals surface area (Å²) in [4.78, 5) is 11.1. The zero-order chi connectivity index (χ0) is 17.1. The number of hydrogen-bond acceptors (Lipinski definition) is 5. The minimum Gasteiger partial charge on any atom is -0.492 e. The average molecular weight is 416 g/mol. The van der Waals surface area contributed by atoms with E-state index >= 15 is 0 Å². The summed E-state index contributed by atoms with van der Waals surface area (Å²) in [6.45, 7) is 2.79. The largest absolute Gasteiger partial charge is 0.492 e. The van der Waals surface area contributed by atoms with Gasteiger partial charge >= 0.3 is 0 Å². The molecule has 1 heterocycles. The highest BCUT2D eigenvalue weighted by Crippen LogP contribution is 2.33. The number of rotatable bonds is 5. The van der Waals surface area contributed by atoms with Crippen LogP contribution >= 0.6 is 36.4 Å². The second kappa shape index (κ2) is 9.78. The van der Waals surface area contributed by atoms with Crippen LogP contribution in [0.1, 0.15) is 12.7 Å². The molecule has 3 rings (SSSR count). The van der Waals surface area contributed by atoms with E-state index in [1.165, 1.54) is 0 Å². The molecule has 5 nitrogen and oxygen atoms in total. The van der Waals surface area contributed by atoms with Gasteiger partial charge in [0.05, 0.1) is 23.7 Å². The van der Waals surface area contributed by atoms with Crippen LogP contribution < -0.4 is 15.4 Å². The summed E-state index contributed by atoms with van der Waals surface area (Å²) >= 11 is 6.31. The topological polar surface area (TPSA) is 64.3 Å². The molecule has 0 amide bonds. The predicted octanol–water partition coefficient (Wildman–Crippen LogP) is 4.75. The third-order valence-corrected chi connectivity index (χ3v) is 4.03. The molecule has 0 saturated carbocycles. The zero-order valence-corrected chi connectivity index (χ0v) is 16.9. The summed E-state index contributed by atoms with van der Waals surface area (Å²) < 4.78 is 5.49. The van der Waals surface area contributed by atoms with Crippen molar-refractivity contribution in [2.45, 2.75) is 13.5 Å². The SMILES string of the molecule is CCOc1ccc(N(C)c2nc(CN)nc3ccccc23)cc1Cl.Cl.Cl. The fourth-order valence-corrected chi connectivity index (χ4v) is 2.78. The third kappa shape index (κ3) is 4.48. The van der Waals surface area contributed by atoms with Crippen LogP contribution in [-0.4, -0.2) is 23.6 Å². The Labute approximate surface area is 170 Å². The van der Waals surface area contributed by atoms with Crippen molar-refractivity contribution in [1.29, 1.82) is 0 Å². The second-order valence-electron chi connectivity index (χ2n) is 5.29. The number of anilines is 2. The molecular formula is C18H21Cl3N4O. The maximum absolute atomic E-state index is 6.31. The Morgan fingerprint density at radius 2 is 1.85 bits per heavy atom. The Balaban J connectivity index is 0.00000169. The summed E-state index contributed by atoms with van der Waals surface area (Å²) in [7, 11) is 1.95. The number of nitrogens with two attached hydrogens (primary N) is 1. The molecule has 1 aromatic heterocycles. The monoisotopic (exact) mass is 414 g/mol. The van der Waals surface area contributed by atoms with E-state index < -0.39 is 0 Å². The lowest BCUT2D eigenvalue weighted by atomic mass is 10.2. The average Bonchev–Trinajstić information content (AvgIpc) is 2.62. The molecule has 0 atom stereocenters.